The third kappa shape index (κ3) is 6.99. The maximum absolute atomic E-state index is 10.5. The Hall–Kier alpha value is -0.790. The Bertz CT molecular complexity index is 371. The van der Waals surface area contributed by atoms with Crippen LogP contribution in [0.25, 0.3) is 0 Å². The van der Waals surface area contributed by atoms with E-state index in [4.69, 9.17) is 5.11 Å². The van der Waals surface area contributed by atoms with Crippen LogP contribution in [0.5, 0.6) is 0 Å². The highest BCUT2D eigenvalue weighted by molar-refractivity contribution is 5.79. The first-order chi connectivity index (χ1) is 11.7. The van der Waals surface area contributed by atoms with E-state index < -0.39 is 5.97 Å². The third-order valence-corrected chi connectivity index (χ3v) is 6.67. The summed E-state index contributed by atoms with van der Waals surface area (Å²) < 4.78 is 0. The van der Waals surface area contributed by atoms with E-state index in [1.54, 1.807) is 0 Å². The van der Waals surface area contributed by atoms with E-state index in [9.17, 15) is 4.79 Å². The molecular weight excluding hydrogens is 296 g/mol. The second-order valence-electron chi connectivity index (χ2n) is 8.38. The molecule has 0 saturated heterocycles. The SMILES string of the molecule is CCCCC[C@H]1CC[C@H]([C@H]2CC[C@H](CC/C=C/C(=O)O)CC2)CC1. The van der Waals surface area contributed by atoms with Crippen molar-refractivity contribution >= 4 is 5.97 Å². The van der Waals surface area contributed by atoms with E-state index in [-0.39, 0.29) is 0 Å². The molecule has 2 aliphatic carbocycles. The molecule has 0 spiro atoms. The first-order valence-corrected chi connectivity index (χ1v) is 10.6. The van der Waals surface area contributed by atoms with Gasteiger partial charge in [0.1, 0.15) is 0 Å². The predicted molar refractivity (Wildman–Crippen MR) is 101 cm³/mol. The molecule has 0 radical (unpaired) electrons. The van der Waals surface area contributed by atoms with E-state index in [2.05, 4.69) is 6.92 Å². The predicted octanol–water partition coefficient (Wildman–Crippen LogP) is 6.60. The molecule has 24 heavy (non-hydrogen) atoms. The average Bonchev–Trinajstić information content (AvgIpc) is 2.60. The summed E-state index contributed by atoms with van der Waals surface area (Å²) in [5.74, 6) is 3.06. The second-order valence-corrected chi connectivity index (χ2v) is 8.38. The van der Waals surface area contributed by atoms with Gasteiger partial charge in [-0.2, -0.15) is 0 Å². The summed E-state index contributed by atoms with van der Waals surface area (Å²) in [7, 11) is 0. The summed E-state index contributed by atoms with van der Waals surface area (Å²) in [6.07, 6.45) is 22.5. The number of carboxylic acids is 1. The van der Waals surface area contributed by atoms with Gasteiger partial charge in [-0.3, -0.25) is 0 Å². The topological polar surface area (TPSA) is 37.3 Å². The van der Waals surface area contributed by atoms with E-state index in [1.165, 1.54) is 89.5 Å². The Balaban J connectivity index is 1.58. The lowest BCUT2D eigenvalue weighted by Gasteiger charge is -2.38. The molecule has 2 saturated carbocycles. The molecule has 2 fully saturated rings. The van der Waals surface area contributed by atoms with Crippen molar-refractivity contribution in [3.63, 3.8) is 0 Å². The van der Waals surface area contributed by atoms with E-state index in [0.29, 0.717) is 0 Å². The smallest absolute Gasteiger partial charge is 0.327 e. The lowest BCUT2D eigenvalue weighted by Crippen LogP contribution is -2.25. The summed E-state index contributed by atoms with van der Waals surface area (Å²) in [6.45, 7) is 2.30. The van der Waals surface area contributed by atoms with Crippen molar-refractivity contribution in [2.75, 3.05) is 0 Å². The lowest BCUT2D eigenvalue weighted by atomic mass is 9.68. The number of unbranched alkanes of at least 4 members (excludes halogenated alkanes) is 2. The molecule has 0 aromatic carbocycles. The first-order valence-electron chi connectivity index (χ1n) is 10.6. The third-order valence-electron chi connectivity index (χ3n) is 6.67. The van der Waals surface area contributed by atoms with Gasteiger partial charge in [0, 0.05) is 6.08 Å². The zero-order chi connectivity index (χ0) is 17.2. The van der Waals surface area contributed by atoms with E-state index in [0.717, 1.165) is 30.1 Å². The van der Waals surface area contributed by atoms with Crippen LogP contribution in [0.2, 0.25) is 0 Å². The van der Waals surface area contributed by atoms with Crippen LogP contribution < -0.4 is 0 Å². The summed E-state index contributed by atoms with van der Waals surface area (Å²) >= 11 is 0. The van der Waals surface area contributed by atoms with E-state index in [1.807, 2.05) is 6.08 Å². The maximum atomic E-state index is 10.5. The van der Waals surface area contributed by atoms with Crippen molar-refractivity contribution in [1.82, 2.24) is 0 Å². The largest absolute Gasteiger partial charge is 0.478 e. The van der Waals surface area contributed by atoms with Crippen molar-refractivity contribution in [3.05, 3.63) is 12.2 Å². The molecule has 2 rings (SSSR count). The van der Waals surface area contributed by atoms with Crippen LogP contribution >= 0.6 is 0 Å². The van der Waals surface area contributed by atoms with Gasteiger partial charge in [-0.15, -0.1) is 0 Å². The van der Waals surface area contributed by atoms with Crippen LogP contribution in [-0.2, 0) is 4.79 Å². The Labute approximate surface area is 149 Å². The molecule has 0 aromatic heterocycles. The zero-order valence-electron chi connectivity index (χ0n) is 15.7. The minimum atomic E-state index is -0.816. The summed E-state index contributed by atoms with van der Waals surface area (Å²) in [4.78, 5) is 10.5. The number of carboxylic acid groups (broad SMARTS) is 1. The van der Waals surface area contributed by atoms with Crippen LogP contribution in [0.3, 0.4) is 0 Å². The standard InChI is InChI=1S/C22H38O2/c1-2-3-4-7-18-10-14-20(15-11-18)21-16-12-19(13-17-21)8-5-6-9-22(23)24/h6,9,18-21H,2-5,7-8,10-17H2,1H3,(H,23,24)/b9-6+/t18-,19-,20-,21-. The molecular formula is C22H38O2. The minimum Gasteiger partial charge on any atom is -0.478 e. The van der Waals surface area contributed by atoms with Gasteiger partial charge in [-0.05, 0) is 62.2 Å². The molecule has 0 aliphatic heterocycles. The molecule has 0 heterocycles. The fourth-order valence-electron chi connectivity index (χ4n) is 5.10. The molecule has 0 unspecified atom stereocenters. The Kier molecular flexibility index (Phi) is 8.91. The number of carbonyl (C=O) groups is 1. The van der Waals surface area contributed by atoms with Crippen LogP contribution in [-0.4, -0.2) is 11.1 Å². The van der Waals surface area contributed by atoms with Crippen LogP contribution in [0, 0.1) is 23.7 Å². The fraction of sp³-hybridized carbons (Fsp3) is 0.864. The monoisotopic (exact) mass is 334 g/mol. The summed E-state index contributed by atoms with van der Waals surface area (Å²) in [6, 6.07) is 0. The molecule has 0 aromatic rings. The fourth-order valence-corrected chi connectivity index (χ4v) is 5.10. The van der Waals surface area contributed by atoms with Crippen molar-refractivity contribution < 1.29 is 9.90 Å². The summed E-state index contributed by atoms with van der Waals surface area (Å²) in [5.41, 5.74) is 0. The first kappa shape index (κ1) is 19.5. The van der Waals surface area contributed by atoms with Gasteiger partial charge < -0.3 is 5.11 Å². The van der Waals surface area contributed by atoms with Crippen molar-refractivity contribution in [1.29, 1.82) is 0 Å². The molecule has 2 aliphatic rings. The highest BCUT2D eigenvalue weighted by atomic mass is 16.4. The van der Waals surface area contributed by atoms with Gasteiger partial charge in [0.05, 0.1) is 0 Å². The number of aliphatic carboxylic acids is 1. The van der Waals surface area contributed by atoms with E-state index >= 15 is 0 Å². The quantitative estimate of drug-likeness (QED) is 0.381. The molecule has 2 heteroatoms. The number of allylic oxidation sites excluding steroid dienone is 1. The number of rotatable bonds is 9. The minimum absolute atomic E-state index is 0.816. The molecule has 0 atom stereocenters. The highest BCUT2D eigenvalue weighted by Gasteiger charge is 2.30. The Morgan fingerprint density at radius 2 is 1.42 bits per heavy atom. The molecule has 2 nitrogen and oxygen atoms in total. The van der Waals surface area contributed by atoms with Gasteiger partial charge >= 0.3 is 5.97 Å². The Morgan fingerprint density at radius 3 is 1.92 bits per heavy atom. The number of hydrogen-bond acceptors (Lipinski definition) is 1. The van der Waals surface area contributed by atoms with Gasteiger partial charge in [-0.1, -0.05) is 64.4 Å². The molecule has 138 valence electrons. The second kappa shape index (κ2) is 10.9. The molecule has 0 amide bonds. The maximum Gasteiger partial charge on any atom is 0.327 e. The van der Waals surface area contributed by atoms with Crippen LogP contribution in [0.4, 0.5) is 0 Å². The van der Waals surface area contributed by atoms with Crippen molar-refractivity contribution in [3.8, 4) is 0 Å². The van der Waals surface area contributed by atoms with Gasteiger partial charge in [0.15, 0.2) is 0 Å². The number of hydrogen-bond donors (Lipinski definition) is 1. The van der Waals surface area contributed by atoms with Crippen LogP contribution in [0.1, 0.15) is 96.8 Å². The van der Waals surface area contributed by atoms with Crippen molar-refractivity contribution in [2.24, 2.45) is 23.7 Å². The molecule has 1 N–H and O–H groups in total. The normalized spacial score (nSPS) is 31.4. The van der Waals surface area contributed by atoms with Gasteiger partial charge in [0.25, 0.3) is 0 Å². The Morgan fingerprint density at radius 1 is 0.875 bits per heavy atom. The average molecular weight is 335 g/mol. The molecule has 0 bridgehead atoms. The van der Waals surface area contributed by atoms with Gasteiger partial charge in [0.2, 0.25) is 0 Å². The highest BCUT2D eigenvalue weighted by Crippen LogP contribution is 2.43. The lowest BCUT2D eigenvalue weighted by molar-refractivity contribution is -0.131. The zero-order valence-corrected chi connectivity index (χ0v) is 15.7. The summed E-state index contributed by atoms with van der Waals surface area (Å²) in [5, 5.41) is 8.62. The van der Waals surface area contributed by atoms with Gasteiger partial charge in [-0.25, -0.2) is 4.79 Å². The van der Waals surface area contributed by atoms with Crippen molar-refractivity contribution in [2.45, 2.75) is 96.8 Å². The van der Waals surface area contributed by atoms with Crippen LogP contribution in [0.15, 0.2) is 12.2 Å².